The summed E-state index contributed by atoms with van der Waals surface area (Å²) in [5.41, 5.74) is -0.947. The van der Waals surface area contributed by atoms with E-state index in [0.717, 1.165) is 12.1 Å². The van der Waals surface area contributed by atoms with Crippen molar-refractivity contribution in [2.75, 3.05) is 18.1 Å². The fourth-order valence-electron chi connectivity index (χ4n) is 3.46. The molecule has 0 unspecified atom stereocenters. The second-order valence-electron chi connectivity index (χ2n) is 6.41. The smallest absolute Gasteiger partial charge is 0.396 e. The topological polar surface area (TPSA) is 52.6 Å². The summed E-state index contributed by atoms with van der Waals surface area (Å²) in [6, 6.07) is 11.1. The fourth-order valence-corrected chi connectivity index (χ4v) is 3.59. The molecule has 27 heavy (non-hydrogen) atoms. The maximum absolute atomic E-state index is 13.2. The van der Waals surface area contributed by atoms with Crippen LogP contribution >= 0.6 is 11.6 Å². The number of hydrogen-bond acceptors (Lipinski definition) is 2. The lowest BCUT2D eigenvalue weighted by atomic mass is 9.83. The molecule has 8 heteroatoms. The number of alkyl halides is 3. The van der Waals surface area contributed by atoms with Gasteiger partial charge in [-0.3, -0.25) is 4.90 Å². The van der Waals surface area contributed by atoms with Crippen LogP contribution in [0, 0.1) is 0 Å². The van der Waals surface area contributed by atoms with Crippen LogP contribution in [0.1, 0.15) is 24.0 Å². The molecule has 3 rings (SSSR count). The molecule has 0 spiro atoms. The van der Waals surface area contributed by atoms with Crippen molar-refractivity contribution in [3.05, 3.63) is 64.7 Å². The average Bonchev–Trinajstić information content (AvgIpc) is 2.98. The van der Waals surface area contributed by atoms with Gasteiger partial charge in [0.25, 0.3) is 0 Å². The summed E-state index contributed by atoms with van der Waals surface area (Å²) in [7, 11) is 0. The van der Waals surface area contributed by atoms with Crippen molar-refractivity contribution < 1.29 is 23.1 Å². The van der Waals surface area contributed by atoms with E-state index < -0.39 is 23.3 Å². The number of nitrogens with one attached hydrogen (secondary N) is 1. The number of aliphatic hydroxyl groups is 1. The third-order valence-electron chi connectivity index (χ3n) is 4.72. The van der Waals surface area contributed by atoms with Gasteiger partial charge in [-0.2, -0.15) is 13.2 Å². The van der Waals surface area contributed by atoms with Crippen LogP contribution in [0.3, 0.4) is 0 Å². The molecule has 2 aromatic carbocycles. The summed E-state index contributed by atoms with van der Waals surface area (Å²) in [5.74, 6) is 0. The van der Waals surface area contributed by atoms with Crippen LogP contribution in [-0.4, -0.2) is 24.3 Å². The van der Waals surface area contributed by atoms with E-state index in [-0.39, 0.29) is 13.2 Å². The Balaban J connectivity index is 2.14. The first-order chi connectivity index (χ1) is 12.8. The van der Waals surface area contributed by atoms with E-state index in [1.807, 2.05) is 0 Å². The van der Waals surface area contributed by atoms with E-state index in [4.69, 9.17) is 11.6 Å². The third kappa shape index (κ3) is 3.75. The number of urea groups is 1. The lowest BCUT2D eigenvalue weighted by molar-refractivity contribution is -0.137. The van der Waals surface area contributed by atoms with Crippen LogP contribution in [0.5, 0.6) is 0 Å². The molecule has 1 heterocycles. The summed E-state index contributed by atoms with van der Waals surface area (Å²) in [5, 5.41) is 12.5. The molecular formula is C19H18ClF3N2O2. The molecular weight excluding hydrogens is 381 g/mol. The molecule has 1 aliphatic heterocycles. The number of halogens is 4. The molecule has 1 saturated heterocycles. The van der Waals surface area contributed by atoms with Gasteiger partial charge < -0.3 is 10.4 Å². The van der Waals surface area contributed by atoms with Crippen LogP contribution in [0.25, 0.3) is 0 Å². The first-order valence-electron chi connectivity index (χ1n) is 8.40. The van der Waals surface area contributed by atoms with Crippen molar-refractivity contribution in [2.45, 2.75) is 24.6 Å². The zero-order valence-corrected chi connectivity index (χ0v) is 15.0. The maximum atomic E-state index is 13.2. The molecule has 0 aliphatic carbocycles. The minimum Gasteiger partial charge on any atom is -0.396 e. The van der Waals surface area contributed by atoms with E-state index in [1.54, 1.807) is 30.3 Å². The van der Waals surface area contributed by atoms with Gasteiger partial charge >= 0.3 is 12.2 Å². The van der Waals surface area contributed by atoms with Crippen LogP contribution in [0.15, 0.2) is 48.5 Å². The highest BCUT2D eigenvalue weighted by molar-refractivity contribution is 6.30. The average molecular weight is 399 g/mol. The van der Waals surface area contributed by atoms with Gasteiger partial charge in [0.1, 0.15) is 0 Å². The van der Waals surface area contributed by atoms with Crippen molar-refractivity contribution >= 4 is 23.3 Å². The van der Waals surface area contributed by atoms with E-state index in [1.165, 1.54) is 11.0 Å². The van der Waals surface area contributed by atoms with Gasteiger partial charge in [0.2, 0.25) is 0 Å². The number of aliphatic hydroxyl groups excluding tert-OH is 1. The summed E-state index contributed by atoms with van der Waals surface area (Å²) in [4.78, 5) is 14.0. The van der Waals surface area contributed by atoms with Crippen molar-refractivity contribution in [1.82, 2.24) is 5.32 Å². The van der Waals surface area contributed by atoms with E-state index in [0.29, 0.717) is 29.1 Å². The molecule has 1 fully saturated rings. The number of amides is 2. The first-order valence-corrected chi connectivity index (χ1v) is 8.78. The molecule has 2 aromatic rings. The van der Waals surface area contributed by atoms with Crippen molar-refractivity contribution in [3.8, 4) is 0 Å². The number of carbonyl (C=O) groups excluding carboxylic acids is 1. The number of hydrogen-bond donors (Lipinski definition) is 2. The summed E-state index contributed by atoms with van der Waals surface area (Å²) in [6.07, 6.45) is -3.86. The molecule has 1 aliphatic rings. The Bertz CT molecular complexity index is 826. The molecule has 2 N–H and O–H groups in total. The Morgan fingerprint density at radius 2 is 1.89 bits per heavy atom. The third-order valence-corrected chi connectivity index (χ3v) is 4.98. The summed E-state index contributed by atoms with van der Waals surface area (Å²) in [6.45, 7) is -0.000863. The van der Waals surface area contributed by atoms with E-state index >= 15 is 0 Å². The Hall–Kier alpha value is -2.25. The van der Waals surface area contributed by atoms with Crippen molar-refractivity contribution in [3.63, 3.8) is 0 Å². The van der Waals surface area contributed by atoms with Gasteiger partial charge in [0.05, 0.1) is 11.1 Å². The number of nitrogens with zero attached hydrogens (tertiary/aromatic N) is 1. The van der Waals surface area contributed by atoms with Gasteiger partial charge in [-0.15, -0.1) is 0 Å². The molecule has 0 saturated carbocycles. The molecule has 2 amide bonds. The van der Waals surface area contributed by atoms with Crippen LogP contribution in [0.4, 0.5) is 23.7 Å². The second kappa shape index (κ2) is 7.40. The molecule has 144 valence electrons. The number of anilines is 1. The molecule has 4 nitrogen and oxygen atoms in total. The van der Waals surface area contributed by atoms with Crippen molar-refractivity contribution in [1.29, 1.82) is 0 Å². The SMILES string of the molecule is O=C1NC[C@](CCCO)(c2cccc(C(F)(F)F)c2)N1c1ccc(Cl)cc1. The number of rotatable bonds is 5. The highest BCUT2D eigenvalue weighted by Crippen LogP contribution is 2.42. The molecule has 1 atom stereocenters. The predicted molar refractivity (Wildman–Crippen MR) is 96.8 cm³/mol. The van der Waals surface area contributed by atoms with Gasteiger partial charge in [-0.05, 0) is 54.8 Å². The normalized spacial score (nSPS) is 20.0. The quantitative estimate of drug-likeness (QED) is 0.776. The minimum atomic E-state index is -4.49. The van der Waals surface area contributed by atoms with Crippen molar-refractivity contribution in [2.24, 2.45) is 0 Å². The largest absolute Gasteiger partial charge is 0.416 e. The highest BCUT2D eigenvalue weighted by Gasteiger charge is 2.48. The lowest BCUT2D eigenvalue weighted by Gasteiger charge is -2.38. The predicted octanol–water partition coefficient (Wildman–Crippen LogP) is 4.56. The number of carbonyl (C=O) groups is 1. The van der Waals surface area contributed by atoms with E-state index in [9.17, 15) is 23.1 Å². The van der Waals surface area contributed by atoms with Gasteiger partial charge in [-0.1, -0.05) is 23.7 Å². The van der Waals surface area contributed by atoms with Gasteiger partial charge in [0.15, 0.2) is 0 Å². The fraction of sp³-hybridized carbons (Fsp3) is 0.316. The summed E-state index contributed by atoms with van der Waals surface area (Å²) >= 11 is 5.92. The van der Waals surface area contributed by atoms with Gasteiger partial charge in [-0.25, -0.2) is 4.79 Å². The highest BCUT2D eigenvalue weighted by atomic mass is 35.5. The molecule has 0 radical (unpaired) electrons. The van der Waals surface area contributed by atoms with Crippen LogP contribution in [0.2, 0.25) is 5.02 Å². The minimum absolute atomic E-state index is 0.135. The molecule has 0 aromatic heterocycles. The van der Waals surface area contributed by atoms with Crippen LogP contribution < -0.4 is 10.2 Å². The summed E-state index contributed by atoms with van der Waals surface area (Å²) < 4.78 is 39.7. The first kappa shape index (κ1) is 19.5. The second-order valence-corrected chi connectivity index (χ2v) is 6.84. The standard InChI is InChI=1S/C19H18ClF3N2O2/c20-15-5-7-16(8-6-15)25-17(27)24-12-18(25,9-2-10-26)13-3-1-4-14(11-13)19(21,22)23/h1,3-8,11,26H,2,9-10,12H2,(H,24,27)/t18-/m1/s1. The Morgan fingerprint density at radius 1 is 1.19 bits per heavy atom. The Morgan fingerprint density at radius 3 is 2.52 bits per heavy atom. The number of benzene rings is 2. The van der Waals surface area contributed by atoms with Gasteiger partial charge in [0, 0.05) is 23.9 Å². The zero-order valence-electron chi connectivity index (χ0n) is 14.3. The lowest BCUT2D eigenvalue weighted by Crippen LogP contribution is -2.45. The maximum Gasteiger partial charge on any atom is 0.416 e. The Kier molecular flexibility index (Phi) is 5.35. The van der Waals surface area contributed by atoms with E-state index in [2.05, 4.69) is 5.32 Å². The zero-order chi connectivity index (χ0) is 19.7. The molecule has 0 bridgehead atoms. The van der Waals surface area contributed by atoms with Crippen LogP contribution in [-0.2, 0) is 11.7 Å². The Labute approximate surface area is 159 Å². The monoisotopic (exact) mass is 398 g/mol.